The van der Waals surface area contributed by atoms with E-state index in [0.717, 1.165) is 39.2 Å². The van der Waals surface area contributed by atoms with Crippen molar-refractivity contribution in [3.63, 3.8) is 0 Å². The molecule has 0 saturated heterocycles. The summed E-state index contributed by atoms with van der Waals surface area (Å²) in [4.78, 5) is 11.9. The monoisotopic (exact) mass is 336 g/mol. The van der Waals surface area contributed by atoms with Crippen molar-refractivity contribution in [2.45, 2.75) is 19.6 Å². The summed E-state index contributed by atoms with van der Waals surface area (Å²) in [5.41, 5.74) is 4.88. The van der Waals surface area contributed by atoms with Crippen LogP contribution in [0.15, 0.2) is 63.8 Å². The SMILES string of the molecule is Cc1ccc2c(CSCC=Cc3ccccc3)cc(=O)oc2c1C. The molecule has 122 valence electrons. The first-order valence-electron chi connectivity index (χ1n) is 7.97. The van der Waals surface area contributed by atoms with Crippen molar-refractivity contribution in [1.82, 2.24) is 0 Å². The van der Waals surface area contributed by atoms with Crippen molar-refractivity contribution in [2.75, 3.05) is 5.75 Å². The molecule has 2 aromatic carbocycles. The number of hydrogen-bond acceptors (Lipinski definition) is 3. The highest BCUT2D eigenvalue weighted by atomic mass is 32.2. The highest BCUT2D eigenvalue weighted by Gasteiger charge is 2.09. The molecule has 0 aliphatic heterocycles. The number of hydrogen-bond donors (Lipinski definition) is 0. The van der Waals surface area contributed by atoms with Gasteiger partial charge in [0.15, 0.2) is 0 Å². The zero-order valence-corrected chi connectivity index (χ0v) is 14.7. The fourth-order valence-electron chi connectivity index (χ4n) is 2.63. The largest absolute Gasteiger partial charge is 0.422 e. The van der Waals surface area contributed by atoms with Gasteiger partial charge >= 0.3 is 5.63 Å². The molecule has 0 saturated carbocycles. The fourth-order valence-corrected chi connectivity index (χ4v) is 3.44. The molecule has 0 aliphatic carbocycles. The van der Waals surface area contributed by atoms with E-state index in [1.165, 1.54) is 5.56 Å². The summed E-state index contributed by atoms with van der Waals surface area (Å²) >= 11 is 1.79. The van der Waals surface area contributed by atoms with Crippen molar-refractivity contribution in [1.29, 1.82) is 0 Å². The van der Waals surface area contributed by atoms with Gasteiger partial charge in [0.25, 0.3) is 0 Å². The molecule has 0 N–H and O–H groups in total. The molecule has 0 spiro atoms. The first kappa shape index (κ1) is 16.6. The van der Waals surface area contributed by atoms with Crippen LogP contribution in [0.2, 0.25) is 0 Å². The Morgan fingerprint density at radius 2 is 1.88 bits per heavy atom. The number of thioether (sulfide) groups is 1. The van der Waals surface area contributed by atoms with E-state index in [-0.39, 0.29) is 5.63 Å². The topological polar surface area (TPSA) is 30.2 Å². The van der Waals surface area contributed by atoms with Crippen molar-refractivity contribution < 1.29 is 4.42 Å². The lowest BCUT2D eigenvalue weighted by Gasteiger charge is -2.08. The summed E-state index contributed by atoms with van der Waals surface area (Å²) in [6, 6.07) is 16.0. The summed E-state index contributed by atoms with van der Waals surface area (Å²) < 4.78 is 5.42. The smallest absolute Gasteiger partial charge is 0.336 e. The Hall–Kier alpha value is -2.26. The molecule has 3 rings (SSSR count). The molecule has 0 unspecified atom stereocenters. The van der Waals surface area contributed by atoms with Crippen LogP contribution in [0.25, 0.3) is 17.0 Å². The third-order valence-electron chi connectivity index (χ3n) is 4.10. The van der Waals surface area contributed by atoms with Gasteiger partial charge in [0.1, 0.15) is 5.58 Å². The molecule has 0 aliphatic rings. The lowest BCUT2D eigenvalue weighted by Crippen LogP contribution is -2.01. The van der Waals surface area contributed by atoms with E-state index >= 15 is 0 Å². The van der Waals surface area contributed by atoms with Crippen LogP contribution in [-0.4, -0.2) is 5.75 Å². The van der Waals surface area contributed by atoms with Gasteiger partial charge in [-0.25, -0.2) is 4.79 Å². The predicted molar refractivity (Wildman–Crippen MR) is 104 cm³/mol. The third kappa shape index (κ3) is 3.80. The van der Waals surface area contributed by atoms with Gasteiger partial charge in [-0.1, -0.05) is 54.6 Å². The molecule has 1 heterocycles. The maximum absolute atomic E-state index is 11.9. The van der Waals surface area contributed by atoms with Crippen LogP contribution in [0.5, 0.6) is 0 Å². The third-order valence-corrected chi connectivity index (χ3v) is 5.04. The molecule has 3 heteroatoms. The van der Waals surface area contributed by atoms with E-state index in [1.807, 2.05) is 32.0 Å². The summed E-state index contributed by atoms with van der Waals surface area (Å²) in [6.45, 7) is 4.03. The Labute approximate surface area is 146 Å². The van der Waals surface area contributed by atoms with Crippen LogP contribution in [0.4, 0.5) is 0 Å². The van der Waals surface area contributed by atoms with E-state index in [2.05, 4.69) is 36.4 Å². The molecule has 24 heavy (non-hydrogen) atoms. The van der Waals surface area contributed by atoms with Crippen LogP contribution in [0.1, 0.15) is 22.3 Å². The van der Waals surface area contributed by atoms with Gasteiger partial charge in [-0.3, -0.25) is 0 Å². The average Bonchev–Trinajstić information content (AvgIpc) is 2.59. The molecule has 0 amide bonds. The van der Waals surface area contributed by atoms with E-state index in [9.17, 15) is 4.79 Å². The Bertz CT molecular complexity index is 924. The fraction of sp³-hybridized carbons (Fsp3) is 0.190. The predicted octanol–water partition coefficient (Wildman–Crippen LogP) is 5.36. The van der Waals surface area contributed by atoms with Crippen molar-refractivity contribution in [3.05, 3.63) is 87.3 Å². The molecule has 0 atom stereocenters. The second kappa shape index (κ2) is 7.54. The highest BCUT2D eigenvalue weighted by Crippen LogP contribution is 2.25. The second-order valence-corrected chi connectivity index (χ2v) is 6.83. The minimum absolute atomic E-state index is 0.272. The van der Waals surface area contributed by atoms with Gasteiger partial charge in [0.05, 0.1) is 0 Å². The summed E-state index contributed by atoms with van der Waals surface area (Å²) in [5.74, 6) is 1.70. The maximum atomic E-state index is 11.9. The minimum Gasteiger partial charge on any atom is -0.422 e. The van der Waals surface area contributed by atoms with Crippen LogP contribution in [0, 0.1) is 13.8 Å². The summed E-state index contributed by atoms with van der Waals surface area (Å²) in [6.07, 6.45) is 4.28. The molecule has 1 aromatic heterocycles. The molecule has 0 fully saturated rings. The van der Waals surface area contributed by atoms with Gasteiger partial charge in [-0.05, 0) is 36.1 Å². The lowest BCUT2D eigenvalue weighted by atomic mass is 10.0. The molecule has 2 nitrogen and oxygen atoms in total. The van der Waals surface area contributed by atoms with Crippen LogP contribution >= 0.6 is 11.8 Å². The molecule has 3 aromatic rings. The van der Waals surface area contributed by atoms with E-state index in [0.29, 0.717) is 0 Å². The second-order valence-electron chi connectivity index (χ2n) is 5.80. The molecule has 0 bridgehead atoms. The highest BCUT2D eigenvalue weighted by molar-refractivity contribution is 7.98. The van der Waals surface area contributed by atoms with Gasteiger partial charge in [0, 0.05) is 23.0 Å². The summed E-state index contributed by atoms with van der Waals surface area (Å²) in [5, 5.41) is 1.04. The molecular formula is C21H20O2S. The zero-order chi connectivity index (χ0) is 16.9. The maximum Gasteiger partial charge on any atom is 0.336 e. The van der Waals surface area contributed by atoms with Gasteiger partial charge < -0.3 is 4.42 Å². The van der Waals surface area contributed by atoms with Crippen molar-refractivity contribution in [2.24, 2.45) is 0 Å². The van der Waals surface area contributed by atoms with Gasteiger partial charge in [0.2, 0.25) is 0 Å². The first-order valence-corrected chi connectivity index (χ1v) is 9.13. The van der Waals surface area contributed by atoms with Crippen LogP contribution in [-0.2, 0) is 5.75 Å². The minimum atomic E-state index is -0.272. The van der Waals surface area contributed by atoms with Crippen molar-refractivity contribution >= 4 is 28.8 Å². The van der Waals surface area contributed by atoms with Crippen LogP contribution < -0.4 is 5.63 Å². The number of fused-ring (bicyclic) bond motifs is 1. The van der Waals surface area contributed by atoms with E-state index in [1.54, 1.807) is 17.8 Å². The normalized spacial score (nSPS) is 11.4. The standard InChI is InChI=1S/C21H20O2S/c1-15-10-11-19-18(13-20(22)23-21(19)16(15)2)14-24-12-6-9-17-7-4-3-5-8-17/h3-11,13H,12,14H2,1-2H3. The Kier molecular flexibility index (Phi) is 5.21. The lowest BCUT2D eigenvalue weighted by molar-refractivity contribution is 0.557. The van der Waals surface area contributed by atoms with Gasteiger partial charge in [-0.2, -0.15) is 11.8 Å². The average molecular weight is 336 g/mol. The van der Waals surface area contributed by atoms with Crippen LogP contribution in [0.3, 0.4) is 0 Å². The number of aryl methyl sites for hydroxylation is 2. The number of benzene rings is 2. The Balaban J connectivity index is 1.73. The Morgan fingerprint density at radius 1 is 1.08 bits per heavy atom. The number of rotatable bonds is 5. The first-order chi connectivity index (χ1) is 11.6. The van der Waals surface area contributed by atoms with E-state index in [4.69, 9.17) is 4.42 Å². The molecular weight excluding hydrogens is 316 g/mol. The van der Waals surface area contributed by atoms with E-state index < -0.39 is 0 Å². The zero-order valence-electron chi connectivity index (χ0n) is 13.9. The quantitative estimate of drug-likeness (QED) is 0.464. The van der Waals surface area contributed by atoms with Crippen molar-refractivity contribution in [3.8, 4) is 0 Å². The molecule has 0 radical (unpaired) electrons. The summed E-state index contributed by atoms with van der Waals surface area (Å²) in [7, 11) is 0. The van der Waals surface area contributed by atoms with Gasteiger partial charge in [-0.15, -0.1) is 0 Å². The Morgan fingerprint density at radius 3 is 2.67 bits per heavy atom.